The lowest BCUT2D eigenvalue weighted by molar-refractivity contribution is 0.584. The lowest BCUT2D eigenvalue weighted by atomic mass is 10.2. The van der Waals surface area contributed by atoms with Crippen LogP contribution in [0.25, 0.3) is 0 Å². The number of nitrogens with zero attached hydrogens (tertiary/aromatic N) is 1. The van der Waals surface area contributed by atoms with Crippen molar-refractivity contribution in [2.24, 2.45) is 0 Å². The Balaban J connectivity index is 2.35. The molecule has 17 heavy (non-hydrogen) atoms. The Labute approximate surface area is 97.1 Å². The molecule has 0 fully saturated rings. The maximum Gasteiger partial charge on any atom is 0.128 e. The summed E-state index contributed by atoms with van der Waals surface area (Å²) in [6.45, 7) is 0. The zero-order valence-electron chi connectivity index (χ0n) is 8.74. The van der Waals surface area contributed by atoms with Gasteiger partial charge in [-0.2, -0.15) is 5.26 Å². The first-order valence-electron chi connectivity index (χ1n) is 4.91. The van der Waals surface area contributed by atoms with Gasteiger partial charge in [-0.25, -0.2) is 8.78 Å². The lowest BCUT2D eigenvalue weighted by Gasteiger charge is -2.08. The van der Waals surface area contributed by atoms with Crippen molar-refractivity contribution in [3.05, 3.63) is 59.7 Å². The Bertz CT molecular complexity index is 568. The van der Waals surface area contributed by atoms with Crippen molar-refractivity contribution in [1.29, 1.82) is 5.26 Å². The van der Waals surface area contributed by atoms with Crippen molar-refractivity contribution < 1.29 is 8.78 Å². The highest BCUT2D eigenvalue weighted by Crippen LogP contribution is 2.21. The number of hydrogen-bond acceptors (Lipinski definition) is 2. The van der Waals surface area contributed by atoms with E-state index in [1.54, 1.807) is 24.3 Å². The Kier molecular flexibility index (Phi) is 3.01. The van der Waals surface area contributed by atoms with Crippen LogP contribution in [0.3, 0.4) is 0 Å². The van der Waals surface area contributed by atoms with Crippen LogP contribution in [0.2, 0.25) is 0 Å². The Morgan fingerprint density at radius 3 is 2.29 bits per heavy atom. The Hall–Kier alpha value is -2.41. The van der Waals surface area contributed by atoms with E-state index in [9.17, 15) is 8.78 Å². The van der Waals surface area contributed by atoms with Gasteiger partial charge in [-0.1, -0.05) is 12.1 Å². The minimum atomic E-state index is -0.665. The SMILES string of the molecule is N#Cc1ccccc1Nc1cc(F)cc(F)c1. The van der Waals surface area contributed by atoms with E-state index in [4.69, 9.17) is 5.26 Å². The maximum absolute atomic E-state index is 13.0. The molecule has 84 valence electrons. The molecule has 0 aliphatic rings. The molecule has 0 saturated heterocycles. The summed E-state index contributed by atoms with van der Waals surface area (Å²) < 4.78 is 25.9. The predicted molar refractivity (Wildman–Crippen MR) is 60.8 cm³/mol. The van der Waals surface area contributed by atoms with Crippen LogP contribution in [0.1, 0.15) is 5.56 Å². The molecule has 2 nitrogen and oxygen atoms in total. The van der Waals surface area contributed by atoms with Gasteiger partial charge in [0.05, 0.1) is 11.3 Å². The molecule has 0 amide bonds. The van der Waals surface area contributed by atoms with Crippen molar-refractivity contribution in [1.82, 2.24) is 0 Å². The Morgan fingerprint density at radius 1 is 1.00 bits per heavy atom. The molecule has 0 radical (unpaired) electrons. The summed E-state index contributed by atoms with van der Waals surface area (Å²) >= 11 is 0. The van der Waals surface area contributed by atoms with E-state index < -0.39 is 11.6 Å². The summed E-state index contributed by atoms with van der Waals surface area (Å²) in [5.74, 6) is -1.33. The number of halogens is 2. The highest BCUT2D eigenvalue weighted by atomic mass is 19.1. The number of benzene rings is 2. The number of nitriles is 1. The molecule has 0 aliphatic heterocycles. The van der Waals surface area contributed by atoms with Crippen LogP contribution < -0.4 is 5.32 Å². The molecule has 2 rings (SSSR count). The highest BCUT2D eigenvalue weighted by molar-refractivity contribution is 5.66. The molecule has 2 aromatic carbocycles. The molecule has 4 heteroatoms. The van der Waals surface area contributed by atoms with Crippen LogP contribution in [0.15, 0.2) is 42.5 Å². The van der Waals surface area contributed by atoms with Crippen molar-refractivity contribution in [3.8, 4) is 6.07 Å². The zero-order chi connectivity index (χ0) is 12.3. The molecule has 0 bridgehead atoms. The van der Waals surface area contributed by atoms with Crippen molar-refractivity contribution in [2.75, 3.05) is 5.32 Å². The van der Waals surface area contributed by atoms with Gasteiger partial charge in [0.25, 0.3) is 0 Å². The van der Waals surface area contributed by atoms with Crippen molar-refractivity contribution in [3.63, 3.8) is 0 Å². The summed E-state index contributed by atoms with van der Waals surface area (Å²) in [6, 6.07) is 11.9. The molecule has 2 aromatic rings. The minimum Gasteiger partial charge on any atom is -0.354 e. The van der Waals surface area contributed by atoms with Crippen molar-refractivity contribution >= 4 is 11.4 Å². The average molecular weight is 230 g/mol. The van der Waals surface area contributed by atoms with Crippen molar-refractivity contribution in [2.45, 2.75) is 0 Å². The molecule has 0 atom stereocenters. The third-order valence-corrected chi connectivity index (χ3v) is 2.19. The molecule has 0 aliphatic carbocycles. The summed E-state index contributed by atoms with van der Waals surface area (Å²) in [5.41, 5.74) is 1.20. The highest BCUT2D eigenvalue weighted by Gasteiger charge is 2.04. The van der Waals surface area contributed by atoms with Gasteiger partial charge in [-0.3, -0.25) is 0 Å². The first kappa shape index (κ1) is 11.1. The van der Waals surface area contributed by atoms with Gasteiger partial charge in [-0.05, 0) is 24.3 Å². The Morgan fingerprint density at radius 2 is 1.65 bits per heavy atom. The van der Waals surface area contributed by atoms with Gasteiger partial charge < -0.3 is 5.32 Å². The molecule has 0 heterocycles. The van der Waals surface area contributed by atoms with Crippen LogP contribution in [0.4, 0.5) is 20.2 Å². The number of para-hydroxylation sites is 1. The summed E-state index contributed by atoms with van der Waals surface area (Å²) in [6.07, 6.45) is 0. The van der Waals surface area contributed by atoms with E-state index in [0.717, 1.165) is 18.2 Å². The van der Waals surface area contributed by atoms with Crippen LogP contribution in [0, 0.1) is 23.0 Å². The van der Waals surface area contributed by atoms with E-state index in [-0.39, 0.29) is 5.69 Å². The number of rotatable bonds is 2. The van der Waals surface area contributed by atoms with E-state index in [1.165, 1.54) is 0 Å². The summed E-state index contributed by atoms with van der Waals surface area (Å²) in [4.78, 5) is 0. The van der Waals surface area contributed by atoms with Gasteiger partial charge >= 0.3 is 0 Å². The molecule has 0 unspecified atom stereocenters. The van der Waals surface area contributed by atoms with Crippen LogP contribution in [0.5, 0.6) is 0 Å². The van der Waals surface area contributed by atoms with Gasteiger partial charge in [0.15, 0.2) is 0 Å². The second kappa shape index (κ2) is 4.62. The van der Waals surface area contributed by atoms with Gasteiger partial charge in [0, 0.05) is 11.8 Å². The normalized spacial score (nSPS) is 9.71. The fourth-order valence-electron chi connectivity index (χ4n) is 1.47. The molecule has 1 N–H and O–H groups in total. The van der Waals surface area contributed by atoms with E-state index in [0.29, 0.717) is 11.3 Å². The van der Waals surface area contributed by atoms with E-state index in [2.05, 4.69) is 5.32 Å². The largest absolute Gasteiger partial charge is 0.354 e. The van der Waals surface area contributed by atoms with Gasteiger partial charge in [-0.15, -0.1) is 0 Å². The lowest BCUT2D eigenvalue weighted by Crippen LogP contribution is -1.94. The third-order valence-electron chi connectivity index (χ3n) is 2.19. The molecule has 0 aromatic heterocycles. The fraction of sp³-hybridized carbons (Fsp3) is 0. The standard InChI is InChI=1S/C13H8F2N2/c14-10-5-11(15)7-12(6-10)17-13-4-2-1-3-9(13)8-16/h1-7,17H. The molecular formula is C13H8F2N2. The van der Waals surface area contributed by atoms with Crippen LogP contribution >= 0.6 is 0 Å². The quantitative estimate of drug-likeness (QED) is 0.855. The molecular weight excluding hydrogens is 222 g/mol. The third kappa shape index (κ3) is 2.58. The van der Waals surface area contributed by atoms with E-state index in [1.807, 2.05) is 6.07 Å². The van der Waals surface area contributed by atoms with E-state index >= 15 is 0 Å². The summed E-state index contributed by atoms with van der Waals surface area (Å²) in [5, 5.41) is 11.7. The first-order chi connectivity index (χ1) is 8.19. The van der Waals surface area contributed by atoms with Crippen LogP contribution in [-0.4, -0.2) is 0 Å². The number of anilines is 2. The zero-order valence-corrected chi connectivity index (χ0v) is 8.74. The van der Waals surface area contributed by atoms with Gasteiger partial charge in [0.1, 0.15) is 17.7 Å². The second-order valence-corrected chi connectivity index (χ2v) is 3.44. The second-order valence-electron chi connectivity index (χ2n) is 3.44. The minimum absolute atomic E-state index is 0.269. The molecule has 0 spiro atoms. The number of nitrogens with one attached hydrogen (secondary N) is 1. The summed E-state index contributed by atoms with van der Waals surface area (Å²) in [7, 11) is 0. The molecule has 0 saturated carbocycles. The monoisotopic (exact) mass is 230 g/mol. The topological polar surface area (TPSA) is 35.8 Å². The smallest absolute Gasteiger partial charge is 0.128 e. The fourth-order valence-corrected chi connectivity index (χ4v) is 1.47. The average Bonchev–Trinajstić information content (AvgIpc) is 2.28. The maximum atomic E-state index is 13.0. The van der Waals surface area contributed by atoms with Crippen LogP contribution in [-0.2, 0) is 0 Å². The first-order valence-corrected chi connectivity index (χ1v) is 4.91. The van der Waals surface area contributed by atoms with Gasteiger partial charge in [0.2, 0.25) is 0 Å². The number of hydrogen-bond donors (Lipinski definition) is 1. The predicted octanol–water partition coefficient (Wildman–Crippen LogP) is 3.58.